The Morgan fingerprint density at radius 1 is 1.26 bits per heavy atom. The highest BCUT2D eigenvalue weighted by molar-refractivity contribution is 5.85. The van der Waals surface area contributed by atoms with Gasteiger partial charge in [-0.25, -0.2) is 0 Å². The van der Waals surface area contributed by atoms with Gasteiger partial charge in [-0.1, -0.05) is 18.2 Å². The lowest BCUT2D eigenvalue weighted by Gasteiger charge is -2.08. The van der Waals surface area contributed by atoms with Gasteiger partial charge in [-0.05, 0) is 56.0 Å². The van der Waals surface area contributed by atoms with Gasteiger partial charge in [-0.3, -0.25) is 4.79 Å². The molecule has 1 aromatic carbocycles. The largest absolute Gasteiger partial charge is 0.466 e. The Balaban J connectivity index is 0.00000180. The highest BCUT2D eigenvalue weighted by atomic mass is 35.5. The molecule has 1 N–H and O–H groups in total. The molecule has 2 rings (SSSR count). The molecule has 0 unspecified atom stereocenters. The molecule has 1 aliphatic heterocycles. The smallest absolute Gasteiger partial charge is 0.306 e. The van der Waals surface area contributed by atoms with Crippen LogP contribution in [0.2, 0.25) is 0 Å². The molecular formula is C15H22ClNO2. The maximum Gasteiger partial charge on any atom is 0.306 e. The summed E-state index contributed by atoms with van der Waals surface area (Å²) >= 11 is 0. The first-order valence-electron chi connectivity index (χ1n) is 6.76. The number of aryl methyl sites for hydroxylation is 1. The first-order chi connectivity index (χ1) is 8.79. The van der Waals surface area contributed by atoms with E-state index < -0.39 is 0 Å². The quantitative estimate of drug-likeness (QED) is 0.862. The summed E-state index contributed by atoms with van der Waals surface area (Å²) in [5, 5.41) is 3.41. The van der Waals surface area contributed by atoms with Crippen molar-refractivity contribution in [2.75, 3.05) is 19.7 Å². The molecule has 0 fully saturated rings. The van der Waals surface area contributed by atoms with Crippen molar-refractivity contribution in [2.45, 2.75) is 32.6 Å². The molecule has 0 radical (unpaired) electrons. The number of fused-ring (bicyclic) bond motifs is 1. The van der Waals surface area contributed by atoms with Crippen molar-refractivity contribution in [3.05, 3.63) is 34.9 Å². The maximum absolute atomic E-state index is 11.3. The first-order valence-corrected chi connectivity index (χ1v) is 6.76. The van der Waals surface area contributed by atoms with Crippen LogP contribution in [-0.2, 0) is 28.8 Å². The number of halogens is 1. The number of esters is 1. The summed E-state index contributed by atoms with van der Waals surface area (Å²) < 4.78 is 4.95. The van der Waals surface area contributed by atoms with Gasteiger partial charge in [0.25, 0.3) is 0 Å². The number of hydrogen-bond donors (Lipinski definition) is 1. The van der Waals surface area contributed by atoms with Crippen molar-refractivity contribution in [3.63, 3.8) is 0 Å². The summed E-state index contributed by atoms with van der Waals surface area (Å²) in [4.78, 5) is 11.3. The number of benzene rings is 1. The number of rotatable bonds is 4. The van der Waals surface area contributed by atoms with Crippen LogP contribution in [0.3, 0.4) is 0 Å². The molecule has 3 nitrogen and oxygen atoms in total. The number of ether oxygens (including phenoxy) is 1. The molecular weight excluding hydrogens is 262 g/mol. The summed E-state index contributed by atoms with van der Waals surface area (Å²) in [5.41, 5.74) is 4.12. The fourth-order valence-corrected chi connectivity index (χ4v) is 2.36. The maximum atomic E-state index is 11.3. The lowest BCUT2D eigenvalue weighted by molar-refractivity contribution is -0.143. The Morgan fingerprint density at radius 2 is 2.00 bits per heavy atom. The second-order valence-corrected chi connectivity index (χ2v) is 4.66. The van der Waals surface area contributed by atoms with Crippen molar-refractivity contribution >= 4 is 18.4 Å². The van der Waals surface area contributed by atoms with Crippen molar-refractivity contribution in [3.8, 4) is 0 Å². The van der Waals surface area contributed by atoms with E-state index in [0.717, 1.165) is 32.4 Å². The first kappa shape index (κ1) is 16.0. The van der Waals surface area contributed by atoms with Crippen molar-refractivity contribution in [2.24, 2.45) is 0 Å². The highest BCUT2D eigenvalue weighted by Crippen LogP contribution is 2.16. The van der Waals surface area contributed by atoms with Gasteiger partial charge in [0.05, 0.1) is 6.61 Å². The third-order valence-corrected chi connectivity index (χ3v) is 3.34. The lowest BCUT2D eigenvalue weighted by atomic mass is 9.98. The monoisotopic (exact) mass is 283 g/mol. The molecule has 0 spiro atoms. The van der Waals surface area contributed by atoms with Crippen LogP contribution in [0.1, 0.15) is 30.0 Å². The van der Waals surface area contributed by atoms with E-state index in [1.165, 1.54) is 16.7 Å². The average molecular weight is 284 g/mol. The molecule has 19 heavy (non-hydrogen) atoms. The van der Waals surface area contributed by atoms with E-state index in [9.17, 15) is 4.79 Å². The van der Waals surface area contributed by atoms with Crippen LogP contribution < -0.4 is 5.32 Å². The molecule has 0 atom stereocenters. The van der Waals surface area contributed by atoms with E-state index in [4.69, 9.17) is 4.74 Å². The fourth-order valence-electron chi connectivity index (χ4n) is 2.36. The predicted octanol–water partition coefficient (Wildman–Crippen LogP) is 2.29. The Bertz CT molecular complexity index is 421. The van der Waals surface area contributed by atoms with Gasteiger partial charge in [0.1, 0.15) is 0 Å². The Labute approximate surface area is 121 Å². The zero-order chi connectivity index (χ0) is 12.8. The van der Waals surface area contributed by atoms with E-state index in [1.807, 2.05) is 6.92 Å². The van der Waals surface area contributed by atoms with Crippen LogP contribution in [0.5, 0.6) is 0 Å². The Morgan fingerprint density at radius 3 is 2.74 bits per heavy atom. The lowest BCUT2D eigenvalue weighted by Crippen LogP contribution is -2.16. The molecule has 0 aliphatic carbocycles. The van der Waals surface area contributed by atoms with E-state index in [1.54, 1.807) is 0 Å². The predicted molar refractivity (Wildman–Crippen MR) is 78.9 cm³/mol. The summed E-state index contributed by atoms with van der Waals surface area (Å²) in [6.45, 7) is 4.42. The molecule has 0 saturated carbocycles. The highest BCUT2D eigenvalue weighted by Gasteiger charge is 2.09. The van der Waals surface area contributed by atoms with Gasteiger partial charge in [0.15, 0.2) is 0 Å². The average Bonchev–Trinajstić information content (AvgIpc) is 2.61. The van der Waals surface area contributed by atoms with Crippen LogP contribution in [0.4, 0.5) is 0 Å². The van der Waals surface area contributed by atoms with Gasteiger partial charge in [0.2, 0.25) is 0 Å². The van der Waals surface area contributed by atoms with Crippen LogP contribution in [-0.4, -0.2) is 25.7 Å². The standard InChI is InChI=1S/C15H21NO2.ClH/c1-2-18-15(17)6-4-12-3-5-13-7-9-16-10-8-14(13)11-12;/h3,5,11,16H,2,4,6-10H2,1H3;1H. The van der Waals surface area contributed by atoms with Gasteiger partial charge in [-0.2, -0.15) is 0 Å². The molecule has 1 aliphatic rings. The minimum absolute atomic E-state index is 0. The van der Waals surface area contributed by atoms with E-state index in [-0.39, 0.29) is 18.4 Å². The summed E-state index contributed by atoms with van der Waals surface area (Å²) in [6, 6.07) is 6.60. The second-order valence-electron chi connectivity index (χ2n) is 4.66. The molecule has 0 bridgehead atoms. The molecule has 0 amide bonds. The molecule has 4 heteroatoms. The molecule has 0 saturated heterocycles. The van der Waals surface area contributed by atoms with Crippen LogP contribution >= 0.6 is 12.4 Å². The second kappa shape index (κ2) is 8.18. The van der Waals surface area contributed by atoms with Gasteiger partial charge in [-0.15, -0.1) is 12.4 Å². The van der Waals surface area contributed by atoms with E-state index in [2.05, 4.69) is 23.5 Å². The van der Waals surface area contributed by atoms with Crippen molar-refractivity contribution < 1.29 is 9.53 Å². The van der Waals surface area contributed by atoms with Crippen molar-refractivity contribution in [1.82, 2.24) is 5.32 Å². The minimum Gasteiger partial charge on any atom is -0.466 e. The summed E-state index contributed by atoms with van der Waals surface area (Å²) in [5.74, 6) is -0.103. The molecule has 1 aromatic rings. The zero-order valence-corrected chi connectivity index (χ0v) is 12.2. The minimum atomic E-state index is -0.103. The molecule has 106 valence electrons. The molecule has 0 aromatic heterocycles. The number of hydrogen-bond acceptors (Lipinski definition) is 3. The van der Waals surface area contributed by atoms with Crippen LogP contribution in [0, 0.1) is 0 Å². The topological polar surface area (TPSA) is 38.3 Å². The van der Waals surface area contributed by atoms with Crippen LogP contribution in [0.15, 0.2) is 18.2 Å². The Hall–Kier alpha value is -1.06. The Kier molecular flexibility index (Phi) is 6.89. The number of carbonyl (C=O) groups excluding carboxylic acids is 1. The van der Waals surface area contributed by atoms with Crippen molar-refractivity contribution in [1.29, 1.82) is 0 Å². The number of carbonyl (C=O) groups is 1. The summed E-state index contributed by atoms with van der Waals surface area (Å²) in [7, 11) is 0. The van der Waals surface area contributed by atoms with Gasteiger partial charge < -0.3 is 10.1 Å². The SMILES string of the molecule is CCOC(=O)CCc1ccc2c(c1)CCNCC2.Cl. The number of nitrogens with one attached hydrogen (secondary N) is 1. The zero-order valence-electron chi connectivity index (χ0n) is 11.4. The van der Waals surface area contributed by atoms with Gasteiger partial charge in [0, 0.05) is 6.42 Å². The summed E-state index contributed by atoms with van der Waals surface area (Å²) in [6.07, 6.45) is 3.44. The molecule has 1 heterocycles. The van der Waals surface area contributed by atoms with Gasteiger partial charge >= 0.3 is 5.97 Å². The van der Waals surface area contributed by atoms with E-state index in [0.29, 0.717) is 13.0 Å². The third-order valence-electron chi connectivity index (χ3n) is 3.34. The normalized spacial score (nSPS) is 13.9. The third kappa shape index (κ3) is 4.84. The fraction of sp³-hybridized carbons (Fsp3) is 0.533. The van der Waals surface area contributed by atoms with Crippen LogP contribution in [0.25, 0.3) is 0 Å². The van der Waals surface area contributed by atoms with E-state index >= 15 is 0 Å².